The first-order valence-electron chi connectivity index (χ1n) is 4.86. The van der Waals surface area contributed by atoms with Crippen LogP contribution in [0.25, 0.3) is 0 Å². The van der Waals surface area contributed by atoms with Gasteiger partial charge in [-0.05, 0) is 6.42 Å². The summed E-state index contributed by atoms with van der Waals surface area (Å²) in [6.07, 6.45) is 2.08. The number of carboxylic acid groups (broad SMARTS) is 1. The molecule has 0 amide bonds. The minimum Gasteiger partial charge on any atom is -0.481 e. The lowest BCUT2D eigenvalue weighted by molar-refractivity contribution is -0.160. The molecule has 0 rings (SSSR count). The normalized spacial score (nSPS) is 8.69. The van der Waals surface area contributed by atoms with Crippen molar-refractivity contribution >= 4 is 17.9 Å². The summed E-state index contributed by atoms with van der Waals surface area (Å²) in [5.41, 5.74) is 0. The molecular weight excluding hydrogens is 216 g/mol. The summed E-state index contributed by atoms with van der Waals surface area (Å²) in [6.45, 7) is 2.95. The van der Waals surface area contributed by atoms with Crippen LogP contribution in [-0.2, 0) is 23.9 Å². The Morgan fingerprint density at radius 2 is 1.81 bits per heavy atom. The zero-order chi connectivity index (χ0) is 13.0. The lowest BCUT2D eigenvalue weighted by Gasteiger charge is -1.95. The molecule has 1 N–H and O–H groups in total. The molecule has 0 aromatic rings. The molecule has 0 aliphatic heterocycles. The van der Waals surface area contributed by atoms with Gasteiger partial charge in [-0.2, -0.15) is 0 Å². The van der Waals surface area contributed by atoms with Crippen LogP contribution in [0, 0.1) is 0 Å². The number of hydrogen-bond acceptors (Lipinski definition) is 5. The van der Waals surface area contributed by atoms with Crippen LogP contribution in [0.1, 0.15) is 33.1 Å². The van der Waals surface area contributed by atoms with Crippen LogP contribution < -0.4 is 0 Å². The van der Waals surface area contributed by atoms with Crippen molar-refractivity contribution in [1.82, 2.24) is 0 Å². The molecule has 0 fully saturated rings. The molecule has 0 aliphatic rings. The van der Waals surface area contributed by atoms with Crippen LogP contribution in [0.4, 0.5) is 0 Å². The summed E-state index contributed by atoms with van der Waals surface area (Å²) in [5, 5.41) is 8.04. The number of esters is 2. The maximum atomic E-state index is 10.3. The van der Waals surface area contributed by atoms with Crippen molar-refractivity contribution in [2.45, 2.75) is 33.1 Å². The molecule has 0 aliphatic carbocycles. The van der Waals surface area contributed by atoms with Gasteiger partial charge in [0.2, 0.25) is 0 Å². The van der Waals surface area contributed by atoms with Crippen LogP contribution in [0.2, 0.25) is 0 Å². The second-order valence-electron chi connectivity index (χ2n) is 2.90. The molecule has 0 bridgehead atoms. The van der Waals surface area contributed by atoms with Crippen molar-refractivity contribution in [3.63, 3.8) is 0 Å². The lowest BCUT2D eigenvalue weighted by Crippen LogP contribution is -2.13. The third kappa shape index (κ3) is 18.4. The van der Waals surface area contributed by atoms with Crippen LogP contribution >= 0.6 is 0 Å². The fraction of sp³-hybridized carbons (Fsp3) is 0.700. The first kappa shape index (κ1) is 17.0. The zero-order valence-corrected chi connectivity index (χ0v) is 9.82. The van der Waals surface area contributed by atoms with E-state index in [1.165, 1.54) is 7.11 Å². The number of hydrogen-bond donors (Lipinski definition) is 1. The molecule has 6 heteroatoms. The van der Waals surface area contributed by atoms with E-state index in [0.29, 0.717) is 6.42 Å². The third-order valence-electron chi connectivity index (χ3n) is 1.26. The highest BCUT2D eigenvalue weighted by molar-refractivity contribution is 5.84. The summed E-state index contributed by atoms with van der Waals surface area (Å²) in [7, 11) is 1.35. The maximum Gasteiger partial charge on any atom is 0.339 e. The second kappa shape index (κ2) is 11.6. The van der Waals surface area contributed by atoms with Gasteiger partial charge in [-0.25, -0.2) is 4.79 Å². The Labute approximate surface area is 94.5 Å². The molecule has 0 heterocycles. The predicted molar refractivity (Wildman–Crippen MR) is 55.8 cm³/mol. The smallest absolute Gasteiger partial charge is 0.339 e. The second-order valence-corrected chi connectivity index (χ2v) is 2.90. The molecule has 0 radical (unpaired) electrons. The summed E-state index contributed by atoms with van der Waals surface area (Å²) in [4.78, 5) is 30.1. The number of carboxylic acids is 1. The number of ether oxygens (including phenoxy) is 2. The first-order chi connectivity index (χ1) is 7.43. The SMILES string of the molecule is CCCCC(=O)O.COCC(=O)OC(C)=O. The number of aliphatic carboxylic acids is 1. The van der Waals surface area contributed by atoms with E-state index in [1.807, 2.05) is 6.92 Å². The average Bonchev–Trinajstić information content (AvgIpc) is 2.14. The van der Waals surface area contributed by atoms with Gasteiger partial charge in [-0.3, -0.25) is 9.59 Å². The Bertz CT molecular complexity index is 223. The quantitative estimate of drug-likeness (QED) is 0.563. The van der Waals surface area contributed by atoms with Crippen LogP contribution in [0.5, 0.6) is 0 Å². The molecule has 0 spiro atoms. The fourth-order valence-electron chi connectivity index (χ4n) is 0.636. The van der Waals surface area contributed by atoms with Gasteiger partial charge in [0.25, 0.3) is 0 Å². The molecule has 16 heavy (non-hydrogen) atoms. The molecule has 0 saturated carbocycles. The number of carbonyl (C=O) groups excluding carboxylic acids is 2. The van der Waals surface area contributed by atoms with E-state index in [4.69, 9.17) is 5.11 Å². The summed E-state index contributed by atoms with van der Waals surface area (Å²) in [5.74, 6) is -1.97. The summed E-state index contributed by atoms with van der Waals surface area (Å²) < 4.78 is 8.47. The Kier molecular flexibility index (Phi) is 12.4. The highest BCUT2D eigenvalue weighted by Crippen LogP contribution is 1.91. The Hall–Kier alpha value is -1.43. The molecule has 0 aromatic heterocycles. The molecule has 6 nitrogen and oxygen atoms in total. The zero-order valence-electron chi connectivity index (χ0n) is 9.82. The highest BCUT2D eigenvalue weighted by Gasteiger charge is 2.02. The van der Waals surface area contributed by atoms with Crippen molar-refractivity contribution in [1.29, 1.82) is 0 Å². The van der Waals surface area contributed by atoms with Gasteiger partial charge in [0.15, 0.2) is 0 Å². The Morgan fingerprint density at radius 3 is 2.06 bits per heavy atom. The minimum atomic E-state index is -0.693. The molecule has 94 valence electrons. The van der Waals surface area contributed by atoms with Gasteiger partial charge in [0, 0.05) is 20.5 Å². The van der Waals surface area contributed by atoms with Crippen LogP contribution in [-0.4, -0.2) is 36.7 Å². The average molecular weight is 234 g/mol. The van der Waals surface area contributed by atoms with E-state index in [-0.39, 0.29) is 6.61 Å². The van der Waals surface area contributed by atoms with E-state index in [1.54, 1.807) is 0 Å². The van der Waals surface area contributed by atoms with Crippen molar-refractivity contribution in [2.24, 2.45) is 0 Å². The van der Waals surface area contributed by atoms with Crippen molar-refractivity contribution in [3.8, 4) is 0 Å². The number of rotatable bonds is 5. The van der Waals surface area contributed by atoms with E-state index in [0.717, 1.165) is 19.8 Å². The fourth-order valence-corrected chi connectivity index (χ4v) is 0.636. The number of carbonyl (C=O) groups is 3. The number of methoxy groups -OCH3 is 1. The molecule has 0 saturated heterocycles. The van der Waals surface area contributed by atoms with E-state index < -0.39 is 17.9 Å². The first-order valence-corrected chi connectivity index (χ1v) is 4.86. The van der Waals surface area contributed by atoms with E-state index in [9.17, 15) is 14.4 Å². The monoisotopic (exact) mass is 234 g/mol. The maximum absolute atomic E-state index is 10.3. The largest absolute Gasteiger partial charge is 0.481 e. The van der Waals surface area contributed by atoms with Gasteiger partial charge in [0.1, 0.15) is 6.61 Å². The number of unbranched alkanes of at least 4 members (excludes halogenated alkanes) is 1. The van der Waals surface area contributed by atoms with E-state index in [2.05, 4.69) is 9.47 Å². The van der Waals surface area contributed by atoms with Crippen LogP contribution in [0.3, 0.4) is 0 Å². The minimum absolute atomic E-state index is 0.181. The molecule has 0 atom stereocenters. The topological polar surface area (TPSA) is 89.9 Å². The molecule has 0 unspecified atom stereocenters. The van der Waals surface area contributed by atoms with Crippen molar-refractivity contribution < 1.29 is 29.0 Å². The van der Waals surface area contributed by atoms with Gasteiger partial charge >= 0.3 is 17.9 Å². The summed E-state index contributed by atoms with van der Waals surface area (Å²) in [6, 6.07) is 0. The van der Waals surface area contributed by atoms with Gasteiger partial charge < -0.3 is 14.6 Å². The highest BCUT2D eigenvalue weighted by atomic mass is 16.6. The summed E-state index contributed by atoms with van der Waals surface area (Å²) >= 11 is 0. The molecule has 0 aromatic carbocycles. The van der Waals surface area contributed by atoms with Gasteiger partial charge in [-0.1, -0.05) is 13.3 Å². The van der Waals surface area contributed by atoms with Gasteiger partial charge in [-0.15, -0.1) is 0 Å². The van der Waals surface area contributed by atoms with Crippen molar-refractivity contribution in [3.05, 3.63) is 0 Å². The third-order valence-corrected chi connectivity index (χ3v) is 1.26. The van der Waals surface area contributed by atoms with Gasteiger partial charge in [0.05, 0.1) is 0 Å². The Balaban J connectivity index is 0. The van der Waals surface area contributed by atoms with Crippen LogP contribution in [0.15, 0.2) is 0 Å². The molecular formula is C10H18O6. The standard InChI is InChI=1S/C5H8O4.C5H10O2/c1-4(6)9-5(7)3-8-2;1-2-3-4-5(6)7/h3H2,1-2H3;2-4H2,1H3,(H,6,7). The lowest BCUT2D eigenvalue weighted by atomic mass is 10.3. The Morgan fingerprint density at radius 1 is 1.25 bits per heavy atom. The predicted octanol–water partition coefficient (Wildman–Crippen LogP) is 0.984. The van der Waals surface area contributed by atoms with Crippen molar-refractivity contribution in [2.75, 3.05) is 13.7 Å². The van der Waals surface area contributed by atoms with E-state index >= 15 is 0 Å².